The molecule has 8 heteroatoms. The molecule has 0 spiro atoms. The highest BCUT2D eigenvalue weighted by atomic mass is 16.5. The number of nitrogens with zero attached hydrogens (tertiary/aromatic N) is 6. The third-order valence-corrected chi connectivity index (χ3v) is 7.07. The summed E-state index contributed by atoms with van der Waals surface area (Å²) in [6, 6.07) is 19.7. The molecule has 0 N–H and O–H groups in total. The molecule has 5 aromatic rings. The Morgan fingerprint density at radius 3 is 2.60 bits per heavy atom. The Kier molecular flexibility index (Phi) is 5.78. The van der Waals surface area contributed by atoms with E-state index in [9.17, 15) is 4.79 Å². The van der Waals surface area contributed by atoms with Crippen LogP contribution in [-0.4, -0.2) is 29.5 Å². The lowest BCUT2D eigenvalue weighted by Gasteiger charge is -2.22. The van der Waals surface area contributed by atoms with E-state index in [1.165, 1.54) is 25.7 Å². The highest BCUT2D eigenvalue weighted by molar-refractivity contribution is 5.78. The summed E-state index contributed by atoms with van der Waals surface area (Å²) >= 11 is 0. The topological polar surface area (TPSA) is 83.7 Å². The van der Waals surface area contributed by atoms with Crippen LogP contribution in [0.3, 0.4) is 0 Å². The van der Waals surface area contributed by atoms with Crippen LogP contribution in [-0.2, 0) is 19.5 Å². The van der Waals surface area contributed by atoms with Crippen molar-refractivity contribution >= 4 is 10.9 Å². The van der Waals surface area contributed by atoms with Gasteiger partial charge < -0.3 is 4.52 Å². The normalized spacial score (nSPS) is 15.2. The Bertz CT molecular complexity index is 1460. The largest absolute Gasteiger partial charge is 0.359 e. The smallest absolute Gasteiger partial charge is 0.274 e. The van der Waals surface area contributed by atoms with Crippen molar-refractivity contribution in [3.63, 3.8) is 0 Å². The van der Waals surface area contributed by atoms with Gasteiger partial charge in [0.1, 0.15) is 6.54 Å². The predicted octanol–water partition coefficient (Wildman–Crippen LogP) is 4.57. The molecule has 8 nitrogen and oxygen atoms in total. The molecule has 1 aliphatic rings. The molecule has 3 heterocycles. The van der Waals surface area contributed by atoms with Gasteiger partial charge in [0, 0.05) is 18.2 Å². The van der Waals surface area contributed by atoms with Crippen LogP contribution in [0.25, 0.3) is 10.9 Å². The molecular formula is C27H28N6O2. The Morgan fingerprint density at radius 1 is 1.00 bits per heavy atom. The lowest BCUT2D eigenvalue weighted by molar-refractivity contribution is 0.304. The van der Waals surface area contributed by atoms with E-state index in [2.05, 4.69) is 33.8 Å². The van der Waals surface area contributed by atoms with Gasteiger partial charge in [0.15, 0.2) is 5.76 Å². The molecule has 0 unspecified atom stereocenters. The van der Waals surface area contributed by atoms with E-state index in [4.69, 9.17) is 4.52 Å². The number of hydrogen-bond acceptors (Lipinski definition) is 5. The zero-order valence-corrected chi connectivity index (χ0v) is 19.5. The quantitative estimate of drug-likeness (QED) is 0.333. The molecule has 0 saturated heterocycles. The second-order valence-corrected chi connectivity index (χ2v) is 9.39. The maximum Gasteiger partial charge on any atom is 0.274 e. The van der Waals surface area contributed by atoms with Crippen LogP contribution >= 0.6 is 0 Å². The van der Waals surface area contributed by atoms with Gasteiger partial charge in [-0.1, -0.05) is 65.7 Å². The van der Waals surface area contributed by atoms with E-state index < -0.39 is 0 Å². The summed E-state index contributed by atoms with van der Waals surface area (Å²) in [7, 11) is 0. The van der Waals surface area contributed by atoms with E-state index in [1.54, 1.807) is 6.20 Å². The number of aromatic nitrogens is 6. The van der Waals surface area contributed by atoms with Crippen molar-refractivity contribution in [2.75, 3.05) is 0 Å². The lowest BCUT2D eigenvalue weighted by Crippen LogP contribution is -2.32. The minimum atomic E-state index is -0.168. The number of benzene rings is 2. The third-order valence-electron chi connectivity index (χ3n) is 7.07. The molecule has 1 saturated carbocycles. The molecule has 1 atom stereocenters. The van der Waals surface area contributed by atoms with Gasteiger partial charge in [0.05, 0.1) is 35.4 Å². The van der Waals surface area contributed by atoms with E-state index in [-0.39, 0.29) is 11.6 Å². The zero-order valence-electron chi connectivity index (χ0n) is 19.5. The van der Waals surface area contributed by atoms with Crippen LogP contribution in [0.15, 0.2) is 82.4 Å². The maximum atomic E-state index is 13.8. The highest BCUT2D eigenvalue weighted by Gasteiger charge is 2.25. The summed E-state index contributed by atoms with van der Waals surface area (Å²) < 4.78 is 11.2. The molecular weight excluding hydrogens is 440 g/mol. The fourth-order valence-corrected chi connectivity index (χ4v) is 5.37. The molecule has 2 aromatic carbocycles. The lowest BCUT2D eigenvalue weighted by atomic mass is 10.0. The fourth-order valence-electron chi connectivity index (χ4n) is 5.37. The van der Waals surface area contributed by atoms with Gasteiger partial charge >= 0.3 is 0 Å². The predicted molar refractivity (Wildman–Crippen MR) is 132 cm³/mol. The second kappa shape index (κ2) is 9.37. The fraction of sp³-hybridized carbons (Fsp3) is 0.333. The summed E-state index contributed by atoms with van der Waals surface area (Å²) in [6.45, 7) is 0.958. The van der Waals surface area contributed by atoms with Crippen molar-refractivity contribution in [1.29, 1.82) is 0 Å². The first-order valence-corrected chi connectivity index (χ1v) is 12.3. The van der Waals surface area contributed by atoms with Crippen molar-refractivity contribution < 1.29 is 4.52 Å². The summed E-state index contributed by atoms with van der Waals surface area (Å²) in [4.78, 5) is 13.8. The van der Waals surface area contributed by atoms with Crippen molar-refractivity contribution in [3.05, 3.63) is 100 Å². The summed E-state index contributed by atoms with van der Waals surface area (Å²) in [6.07, 6.45) is 9.25. The summed E-state index contributed by atoms with van der Waals surface area (Å²) in [5.41, 5.74) is 3.09. The van der Waals surface area contributed by atoms with Gasteiger partial charge in [-0.05, 0) is 37.0 Å². The van der Waals surface area contributed by atoms with Gasteiger partial charge in [0.2, 0.25) is 0 Å². The Morgan fingerprint density at radius 2 is 1.80 bits per heavy atom. The Labute approximate surface area is 202 Å². The van der Waals surface area contributed by atoms with E-state index in [0.29, 0.717) is 36.6 Å². The van der Waals surface area contributed by atoms with Gasteiger partial charge in [0.25, 0.3) is 5.56 Å². The zero-order chi connectivity index (χ0) is 23.6. The standard InChI is InChI=1S/C27H28N6O2/c34-27-24-12-6-7-13-26(24)32(18-23-14-15-28-35-23)33(27)22(16-20-8-2-1-3-9-20)17-31-19-25(29-30-31)21-10-4-5-11-21/h1-3,6-9,12-15,19,21-22H,4-5,10-11,16-18H2/t22-/m0/s1. The first-order valence-electron chi connectivity index (χ1n) is 12.3. The highest BCUT2D eigenvalue weighted by Crippen LogP contribution is 2.32. The van der Waals surface area contributed by atoms with Crippen LogP contribution in [0, 0.1) is 0 Å². The van der Waals surface area contributed by atoms with E-state index >= 15 is 0 Å². The van der Waals surface area contributed by atoms with Crippen molar-refractivity contribution in [3.8, 4) is 0 Å². The second-order valence-electron chi connectivity index (χ2n) is 9.39. The summed E-state index contributed by atoms with van der Waals surface area (Å²) in [5.74, 6) is 1.19. The number of hydrogen-bond donors (Lipinski definition) is 0. The SMILES string of the molecule is O=c1c2ccccc2n(Cc2ccno2)n1[C@@H](Cc1ccccc1)Cn1cc(C2CCCC2)nn1. The first-order chi connectivity index (χ1) is 17.3. The number of para-hydroxylation sites is 1. The first kappa shape index (κ1) is 21.6. The summed E-state index contributed by atoms with van der Waals surface area (Å²) in [5, 5.41) is 13.5. The van der Waals surface area contributed by atoms with Crippen LogP contribution in [0.2, 0.25) is 0 Å². The van der Waals surface area contributed by atoms with Crippen molar-refractivity contribution in [2.45, 2.75) is 57.2 Å². The third kappa shape index (κ3) is 4.32. The molecule has 0 bridgehead atoms. The Hall–Kier alpha value is -3.94. The van der Waals surface area contributed by atoms with Crippen molar-refractivity contribution in [1.82, 2.24) is 29.5 Å². The van der Waals surface area contributed by atoms with Crippen LogP contribution in [0.5, 0.6) is 0 Å². The number of fused-ring (bicyclic) bond motifs is 1. The van der Waals surface area contributed by atoms with Gasteiger partial charge in [-0.25, -0.2) is 4.68 Å². The van der Waals surface area contributed by atoms with Crippen LogP contribution < -0.4 is 5.56 Å². The molecule has 0 aliphatic heterocycles. The molecule has 178 valence electrons. The van der Waals surface area contributed by atoms with E-state index in [1.807, 2.05) is 62.6 Å². The Balaban J connectivity index is 1.43. The van der Waals surface area contributed by atoms with Gasteiger partial charge in [-0.3, -0.25) is 14.2 Å². The minimum absolute atomic E-state index is 0.0165. The van der Waals surface area contributed by atoms with Crippen LogP contribution in [0.1, 0.15) is 54.7 Å². The molecule has 1 aliphatic carbocycles. The van der Waals surface area contributed by atoms with Crippen molar-refractivity contribution in [2.24, 2.45) is 0 Å². The van der Waals surface area contributed by atoms with Crippen LogP contribution in [0.4, 0.5) is 0 Å². The molecule has 35 heavy (non-hydrogen) atoms. The number of rotatable bonds is 8. The minimum Gasteiger partial charge on any atom is -0.359 e. The molecule has 0 amide bonds. The molecule has 1 fully saturated rings. The maximum absolute atomic E-state index is 13.8. The van der Waals surface area contributed by atoms with Gasteiger partial charge in [-0.15, -0.1) is 5.10 Å². The molecule has 6 rings (SSSR count). The average Bonchev–Trinajstić information content (AvgIpc) is 3.69. The molecule has 3 aromatic heterocycles. The van der Waals surface area contributed by atoms with Gasteiger partial charge in [-0.2, -0.15) is 0 Å². The molecule has 0 radical (unpaired) electrons. The van der Waals surface area contributed by atoms with E-state index in [0.717, 1.165) is 16.8 Å². The average molecular weight is 469 g/mol. The monoisotopic (exact) mass is 468 g/mol.